The monoisotopic (exact) mass is 232 g/mol. The van der Waals surface area contributed by atoms with Gasteiger partial charge < -0.3 is 4.57 Å². The Morgan fingerprint density at radius 1 is 1.24 bits per heavy atom. The number of aromatic nitrogens is 4. The first-order valence-corrected chi connectivity index (χ1v) is 5.65. The second-order valence-electron chi connectivity index (χ2n) is 4.45. The van der Waals surface area contributed by atoms with Crippen LogP contribution in [0.3, 0.4) is 0 Å². The summed E-state index contributed by atoms with van der Waals surface area (Å²) in [7, 11) is 0. The van der Waals surface area contributed by atoms with Crippen molar-refractivity contribution < 1.29 is 0 Å². The number of rotatable bonds is 3. The van der Waals surface area contributed by atoms with Gasteiger partial charge in [0.25, 0.3) is 5.56 Å². The van der Waals surface area contributed by atoms with Crippen LogP contribution < -0.4 is 5.56 Å². The third kappa shape index (κ3) is 2.27. The van der Waals surface area contributed by atoms with Gasteiger partial charge in [0, 0.05) is 31.3 Å². The second kappa shape index (κ2) is 4.53. The molecule has 0 saturated carbocycles. The fraction of sp³-hybridized carbons (Fsp3) is 0.417. The van der Waals surface area contributed by atoms with Crippen molar-refractivity contribution in [3.63, 3.8) is 0 Å². The van der Waals surface area contributed by atoms with Gasteiger partial charge in [-0.2, -0.15) is 0 Å². The van der Waals surface area contributed by atoms with Crippen molar-refractivity contribution in [2.45, 2.75) is 27.3 Å². The molecular formula is C12H16N4O. The van der Waals surface area contributed by atoms with Crippen LogP contribution in [0.4, 0.5) is 0 Å². The molecule has 0 atom stereocenters. The Hall–Kier alpha value is -1.91. The fourth-order valence-corrected chi connectivity index (χ4v) is 1.74. The van der Waals surface area contributed by atoms with Gasteiger partial charge in [-0.15, -0.1) is 0 Å². The Morgan fingerprint density at radius 2 is 1.94 bits per heavy atom. The zero-order chi connectivity index (χ0) is 12.4. The maximum Gasteiger partial charge on any atom is 0.294 e. The third-order valence-corrected chi connectivity index (χ3v) is 2.51. The molecule has 2 rings (SSSR count). The predicted octanol–water partition coefficient (Wildman–Crippen LogP) is 1.39. The Bertz CT molecular complexity index is 568. The van der Waals surface area contributed by atoms with E-state index in [0.29, 0.717) is 18.3 Å². The van der Waals surface area contributed by atoms with E-state index in [1.54, 1.807) is 33.9 Å². The molecule has 2 heterocycles. The number of imidazole rings is 1. The van der Waals surface area contributed by atoms with Gasteiger partial charge in [-0.3, -0.25) is 9.36 Å². The molecule has 5 nitrogen and oxygen atoms in total. The highest BCUT2D eigenvalue weighted by Crippen LogP contribution is 2.03. The summed E-state index contributed by atoms with van der Waals surface area (Å²) in [6, 6.07) is 0. The molecule has 0 aliphatic heterocycles. The average Bonchev–Trinajstić information content (AvgIpc) is 2.67. The van der Waals surface area contributed by atoms with E-state index < -0.39 is 0 Å². The molecule has 2 aromatic heterocycles. The van der Waals surface area contributed by atoms with Gasteiger partial charge in [0.2, 0.25) is 5.82 Å². The van der Waals surface area contributed by atoms with Gasteiger partial charge in [0.05, 0.1) is 0 Å². The zero-order valence-electron chi connectivity index (χ0n) is 10.3. The van der Waals surface area contributed by atoms with E-state index in [-0.39, 0.29) is 5.56 Å². The molecule has 17 heavy (non-hydrogen) atoms. The summed E-state index contributed by atoms with van der Waals surface area (Å²) in [5, 5.41) is 0. The first-order valence-electron chi connectivity index (χ1n) is 5.65. The molecule has 0 aliphatic carbocycles. The van der Waals surface area contributed by atoms with E-state index in [4.69, 9.17) is 0 Å². The van der Waals surface area contributed by atoms with Crippen molar-refractivity contribution >= 4 is 0 Å². The Labute approximate surface area is 99.8 Å². The quantitative estimate of drug-likeness (QED) is 0.803. The molecule has 90 valence electrons. The molecule has 2 aromatic rings. The van der Waals surface area contributed by atoms with E-state index >= 15 is 0 Å². The standard InChI is InChI=1S/C12H16N4O/c1-9(2)8-15-6-4-14-11(12(15)17)16-7-5-13-10(16)3/h4-7,9H,8H2,1-3H3. The van der Waals surface area contributed by atoms with Crippen molar-refractivity contribution in [1.82, 2.24) is 19.1 Å². The van der Waals surface area contributed by atoms with Gasteiger partial charge in [-0.05, 0) is 12.8 Å². The summed E-state index contributed by atoms with van der Waals surface area (Å²) in [6.45, 7) is 6.70. The second-order valence-corrected chi connectivity index (χ2v) is 4.45. The molecule has 0 N–H and O–H groups in total. The van der Waals surface area contributed by atoms with E-state index in [9.17, 15) is 4.79 Å². The van der Waals surface area contributed by atoms with E-state index in [0.717, 1.165) is 5.82 Å². The van der Waals surface area contributed by atoms with Crippen molar-refractivity contribution in [3.05, 3.63) is 41.0 Å². The van der Waals surface area contributed by atoms with Gasteiger partial charge in [-0.1, -0.05) is 13.8 Å². The predicted molar refractivity (Wildman–Crippen MR) is 65.2 cm³/mol. The first kappa shape index (κ1) is 11.6. The van der Waals surface area contributed by atoms with Gasteiger partial charge in [0.1, 0.15) is 5.82 Å². The van der Waals surface area contributed by atoms with Crippen LogP contribution in [0.25, 0.3) is 5.82 Å². The number of hydrogen-bond donors (Lipinski definition) is 0. The smallest absolute Gasteiger partial charge is 0.294 e. The molecule has 0 aliphatic rings. The Morgan fingerprint density at radius 3 is 2.53 bits per heavy atom. The molecular weight excluding hydrogens is 216 g/mol. The molecule has 0 fully saturated rings. The lowest BCUT2D eigenvalue weighted by Crippen LogP contribution is -2.27. The lowest BCUT2D eigenvalue weighted by atomic mass is 10.2. The van der Waals surface area contributed by atoms with E-state index in [2.05, 4.69) is 23.8 Å². The minimum Gasteiger partial charge on any atom is -0.311 e. The fourth-order valence-electron chi connectivity index (χ4n) is 1.74. The molecule has 0 unspecified atom stereocenters. The van der Waals surface area contributed by atoms with Crippen LogP contribution in [0.5, 0.6) is 0 Å². The summed E-state index contributed by atoms with van der Waals surface area (Å²) in [6.07, 6.45) is 6.78. The van der Waals surface area contributed by atoms with Crippen molar-refractivity contribution in [3.8, 4) is 5.82 Å². The van der Waals surface area contributed by atoms with Crippen molar-refractivity contribution in [2.24, 2.45) is 5.92 Å². The summed E-state index contributed by atoms with van der Waals surface area (Å²) < 4.78 is 3.39. The maximum absolute atomic E-state index is 12.2. The van der Waals surface area contributed by atoms with Gasteiger partial charge in [0.15, 0.2) is 0 Å². The lowest BCUT2D eigenvalue weighted by molar-refractivity contribution is 0.507. The van der Waals surface area contributed by atoms with Crippen LogP contribution in [0.15, 0.2) is 29.6 Å². The summed E-state index contributed by atoms with van der Waals surface area (Å²) in [5.41, 5.74) is -0.0812. The maximum atomic E-state index is 12.2. The molecule has 0 aromatic carbocycles. The number of aryl methyl sites for hydroxylation is 1. The van der Waals surface area contributed by atoms with Gasteiger partial charge >= 0.3 is 0 Å². The number of nitrogens with zero attached hydrogens (tertiary/aromatic N) is 4. The Balaban J connectivity index is 2.50. The topological polar surface area (TPSA) is 52.7 Å². The highest BCUT2D eigenvalue weighted by molar-refractivity contribution is 5.20. The first-order chi connectivity index (χ1) is 8.09. The molecule has 0 amide bonds. The minimum atomic E-state index is -0.0812. The van der Waals surface area contributed by atoms with Crippen LogP contribution in [0.2, 0.25) is 0 Å². The number of hydrogen-bond acceptors (Lipinski definition) is 3. The summed E-state index contributed by atoms with van der Waals surface area (Å²) >= 11 is 0. The summed E-state index contributed by atoms with van der Waals surface area (Å²) in [5.74, 6) is 1.59. The molecule has 0 spiro atoms. The van der Waals surface area contributed by atoms with Crippen LogP contribution in [-0.2, 0) is 6.54 Å². The van der Waals surface area contributed by atoms with E-state index in [1.165, 1.54) is 0 Å². The average molecular weight is 232 g/mol. The summed E-state index contributed by atoms with van der Waals surface area (Å²) in [4.78, 5) is 20.4. The normalized spacial score (nSPS) is 11.1. The lowest BCUT2D eigenvalue weighted by Gasteiger charge is -2.10. The highest BCUT2D eigenvalue weighted by atomic mass is 16.1. The molecule has 0 radical (unpaired) electrons. The SMILES string of the molecule is Cc1nccn1-c1nccn(CC(C)C)c1=O. The molecule has 0 saturated heterocycles. The van der Waals surface area contributed by atoms with Crippen LogP contribution in [0, 0.1) is 12.8 Å². The zero-order valence-corrected chi connectivity index (χ0v) is 10.3. The third-order valence-electron chi connectivity index (χ3n) is 2.51. The van der Waals surface area contributed by atoms with Crippen molar-refractivity contribution in [2.75, 3.05) is 0 Å². The molecule has 0 bridgehead atoms. The molecule has 5 heteroatoms. The van der Waals surface area contributed by atoms with Crippen LogP contribution >= 0.6 is 0 Å². The van der Waals surface area contributed by atoms with Gasteiger partial charge in [-0.25, -0.2) is 9.97 Å². The minimum absolute atomic E-state index is 0.0812. The highest BCUT2D eigenvalue weighted by Gasteiger charge is 2.09. The van der Waals surface area contributed by atoms with E-state index in [1.807, 2.05) is 6.92 Å². The van der Waals surface area contributed by atoms with Crippen molar-refractivity contribution in [1.29, 1.82) is 0 Å². The Kier molecular flexibility index (Phi) is 3.08. The van der Waals surface area contributed by atoms with Crippen LogP contribution in [-0.4, -0.2) is 19.1 Å². The van der Waals surface area contributed by atoms with Crippen LogP contribution in [0.1, 0.15) is 19.7 Å². The largest absolute Gasteiger partial charge is 0.311 e.